The number of aryl methyl sites for hydroxylation is 2. The van der Waals surface area contributed by atoms with Gasteiger partial charge in [0.25, 0.3) is 12.4 Å². The Morgan fingerprint density at radius 3 is 2.67 bits per heavy atom. The van der Waals surface area contributed by atoms with Crippen molar-refractivity contribution < 1.29 is 24.2 Å². The van der Waals surface area contributed by atoms with Crippen LogP contribution in [0.3, 0.4) is 0 Å². The van der Waals surface area contributed by atoms with E-state index < -0.39 is 5.41 Å². The van der Waals surface area contributed by atoms with Gasteiger partial charge in [0.15, 0.2) is 0 Å². The summed E-state index contributed by atoms with van der Waals surface area (Å²) in [5.74, 6) is 0.00975. The maximum absolute atomic E-state index is 13.2. The van der Waals surface area contributed by atoms with E-state index in [0.29, 0.717) is 25.9 Å². The average molecular weight is 456 g/mol. The number of H-pyrrole nitrogens is 1. The van der Waals surface area contributed by atoms with Crippen molar-refractivity contribution in [2.45, 2.75) is 51.0 Å². The van der Waals surface area contributed by atoms with E-state index in [-0.39, 0.29) is 24.5 Å². The number of carboxylic acid groups (broad SMARTS) is 1. The number of piperidine rings is 1. The van der Waals surface area contributed by atoms with Crippen molar-refractivity contribution in [3.05, 3.63) is 35.0 Å². The monoisotopic (exact) mass is 455 g/mol. The highest BCUT2D eigenvalue weighted by atomic mass is 16.6. The number of carbonyl (C=O) groups excluding carboxylic acids is 2. The molecule has 2 N–H and O–H groups in total. The minimum Gasteiger partial charge on any atom is -0.483 e. The maximum Gasteiger partial charge on any atom is 0.312 e. The number of aromatic amines is 1. The van der Waals surface area contributed by atoms with Gasteiger partial charge in [0, 0.05) is 48.2 Å². The van der Waals surface area contributed by atoms with Crippen LogP contribution in [0.5, 0.6) is 0 Å². The molecule has 2 aliphatic heterocycles. The van der Waals surface area contributed by atoms with E-state index >= 15 is 0 Å². The molecule has 1 aliphatic carbocycles. The molecule has 1 amide bonds. The second-order valence-corrected chi connectivity index (χ2v) is 9.72. The lowest BCUT2D eigenvalue weighted by Gasteiger charge is -2.36. The number of aromatic nitrogens is 1. The van der Waals surface area contributed by atoms with Crippen molar-refractivity contribution in [3.8, 4) is 0 Å². The molecule has 0 radical (unpaired) electrons. The third kappa shape index (κ3) is 4.62. The number of likely N-dealkylation sites (tertiary alicyclic amines) is 1. The fourth-order valence-corrected chi connectivity index (χ4v) is 5.61. The minimum absolute atomic E-state index is 0.0306. The zero-order chi connectivity index (χ0) is 23.6. The Balaban J connectivity index is 0.000000821. The topological polar surface area (TPSA) is 103 Å². The second kappa shape index (κ2) is 9.55. The van der Waals surface area contributed by atoms with E-state index in [4.69, 9.17) is 14.6 Å². The number of amides is 1. The molecule has 178 valence electrons. The lowest BCUT2D eigenvalue weighted by molar-refractivity contribution is -0.150. The van der Waals surface area contributed by atoms with Crippen molar-refractivity contribution in [3.63, 3.8) is 0 Å². The average Bonchev–Trinajstić information content (AvgIpc) is 3.30. The van der Waals surface area contributed by atoms with Crippen LogP contribution in [0.2, 0.25) is 0 Å². The number of fused-ring (bicyclic) bond motifs is 3. The number of benzene rings is 1. The molecule has 1 atom stereocenters. The third-order valence-electron chi connectivity index (χ3n) is 7.25. The molecule has 1 spiro atoms. The van der Waals surface area contributed by atoms with Crippen molar-refractivity contribution in [1.29, 1.82) is 0 Å². The largest absolute Gasteiger partial charge is 0.483 e. The van der Waals surface area contributed by atoms with Crippen molar-refractivity contribution in [2.75, 3.05) is 33.7 Å². The van der Waals surface area contributed by atoms with Crippen LogP contribution in [0.25, 0.3) is 10.9 Å². The quantitative estimate of drug-likeness (QED) is 0.545. The highest BCUT2D eigenvalue weighted by Gasteiger charge is 2.50. The first kappa shape index (κ1) is 23.3. The van der Waals surface area contributed by atoms with E-state index in [1.807, 2.05) is 31.1 Å². The van der Waals surface area contributed by atoms with Gasteiger partial charge >= 0.3 is 5.97 Å². The molecule has 3 heterocycles. The number of hydrogen-bond donors (Lipinski definition) is 2. The van der Waals surface area contributed by atoms with Crippen LogP contribution in [0, 0.1) is 5.41 Å². The van der Waals surface area contributed by atoms with Gasteiger partial charge in [-0.15, -0.1) is 0 Å². The second-order valence-electron chi connectivity index (χ2n) is 9.72. The lowest BCUT2D eigenvalue weighted by atomic mass is 9.76. The molecule has 1 aromatic heterocycles. The summed E-state index contributed by atoms with van der Waals surface area (Å²) in [6.45, 7) is 1.74. The van der Waals surface area contributed by atoms with Gasteiger partial charge in [-0.25, -0.2) is 0 Å². The van der Waals surface area contributed by atoms with E-state index in [1.54, 1.807) is 0 Å². The number of ether oxygens (including phenoxy) is 1. The summed E-state index contributed by atoms with van der Waals surface area (Å²) in [5, 5.41) is 8.09. The molecule has 8 heteroatoms. The maximum atomic E-state index is 13.2. The standard InChI is InChI=1S/C24H31N3O3.CH2O2/c1-26(2)15-17-14-24(23(29)30-17)9-11-27(12-10-24)22(28)16-7-8-21-19(13-16)18-5-3-4-6-20(18)25-21;2-1-3/h7-8,13,17,25H,3-6,9-12,14-15H2,1-2H3;1H,(H,2,3). The molecule has 2 fully saturated rings. The summed E-state index contributed by atoms with van der Waals surface area (Å²) in [5.41, 5.74) is 4.22. The molecular weight excluding hydrogens is 422 g/mol. The fraction of sp³-hybridized carbons (Fsp3) is 0.560. The van der Waals surface area contributed by atoms with E-state index in [2.05, 4.69) is 16.0 Å². The predicted molar refractivity (Wildman–Crippen MR) is 124 cm³/mol. The number of nitrogens with one attached hydrogen (secondary N) is 1. The van der Waals surface area contributed by atoms with E-state index in [1.165, 1.54) is 29.5 Å². The molecule has 3 aliphatic rings. The number of hydrogen-bond acceptors (Lipinski definition) is 5. The van der Waals surface area contributed by atoms with Gasteiger partial charge in [0.05, 0.1) is 5.41 Å². The number of esters is 1. The van der Waals surface area contributed by atoms with Crippen LogP contribution in [0.15, 0.2) is 18.2 Å². The Morgan fingerprint density at radius 1 is 1.27 bits per heavy atom. The number of likely N-dealkylation sites (N-methyl/N-ethyl adjacent to an activating group) is 1. The number of nitrogens with zero attached hydrogens (tertiary/aromatic N) is 2. The summed E-state index contributed by atoms with van der Waals surface area (Å²) in [6.07, 6.45) is 6.79. The number of rotatable bonds is 3. The van der Waals surface area contributed by atoms with Crippen LogP contribution in [-0.4, -0.2) is 78.1 Å². The summed E-state index contributed by atoms with van der Waals surface area (Å²) in [4.78, 5) is 41.7. The first-order chi connectivity index (χ1) is 15.9. The Labute approximate surface area is 193 Å². The van der Waals surface area contributed by atoms with Gasteiger partial charge in [0.1, 0.15) is 6.10 Å². The molecule has 8 nitrogen and oxygen atoms in total. The molecule has 0 saturated carbocycles. The summed E-state index contributed by atoms with van der Waals surface area (Å²) in [6, 6.07) is 6.06. The van der Waals surface area contributed by atoms with Gasteiger partial charge in [0.2, 0.25) is 0 Å². The smallest absolute Gasteiger partial charge is 0.312 e. The van der Waals surface area contributed by atoms with Crippen LogP contribution in [0.1, 0.15) is 53.7 Å². The number of cyclic esters (lactones) is 1. The molecule has 1 aromatic carbocycles. The highest BCUT2D eigenvalue weighted by Crippen LogP contribution is 2.43. The zero-order valence-corrected chi connectivity index (χ0v) is 19.4. The Kier molecular flexibility index (Phi) is 6.74. The van der Waals surface area contributed by atoms with Crippen LogP contribution in [0.4, 0.5) is 0 Å². The molecule has 2 saturated heterocycles. The molecular formula is C25H33N3O5. The summed E-state index contributed by atoms with van der Waals surface area (Å²) in [7, 11) is 4.00. The van der Waals surface area contributed by atoms with Crippen molar-refractivity contribution in [2.24, 2.45) is 5.41 Å². The summed E-state index contributed by atoms with van der Waals surface area (Å²) < 4.78 is 5.65. The van der Waals surface area contributed by atoms with Gasteiger partial charge in [-0.2, -0.15) is 0 Å². The fourth-order valence-electron chi connectivity index (χ4n) is 5.61. The first-order valence-corrected chi connectivity index (χ1v) is 11.7. The van der Waals surface area contributed by atoms with Gasteiger partial charge < -0.3 is 24.6 Å². The number of carbonyl (C=O) groups is 3. The Bertz CT molecular complexity index is 1040. The van der Waals surface area contributed by atoms with Gasteiger partial charge in [-0.1, -0.05) is 0 Å². The van der Waals surface area contributed by atoms with Crippen LogP contribution >= 0.6 is 0 Å². The van der Waals surface area contributed by atoms with E-state index in [0.717, 1.165) is 36.9 Å². The van der Waals surface area contributed by atoms with Crippen LogP contribution < -0.4 is 0 Å². The van der Waals surface area contributed by atoms with E-state index in [9.17, 15) is 9.59 Å². The Morgan fingerprint density at radius 2 is 1.97 bits per heavy atom. The summed E-state index contributed by atoms with van der Waals surface area (Å²) >= 11 is 0. The Hall–Kier alpha value is -2.87. The highest BCUT2D eigenvalue weighted by molar-refractivity contribution is 5.99. The minimum atomic E-state index is -0.402. The third-order valence-corrected chi connectivity index (χ3v) is 7.25. The lowest BCUT2D eigenvalue weighted by Crippen LogP contribution is -2.45. The molecule has 1 unspecified atom stereocenters. The molecule has 5 rings (SSSR count). The molecule has 2 aromatic rings. The SMILES string of the molecule is CN(C)CC1CC2(CCN(C(=O)c3ccc4[nH]c5c(c4c3)CCCC5)CC2)C(=O)O1.O=CO. The molecule has 33 heavy (non-hydrogen) atoms. The zero-order valence-electron chi connectivity index (χ0n) is 19.4. The predicted octanol–water partition coefficient (Wildman–Crippen LogP) is 2.85. The van der Waals surface area contributed by atoms with Gasteiger partial charge in [-0.3, -0.25) is 14.4 Å². The van der Waals surface area contributed by atoms with Crippen LogP contribution in [-0.2, 0) is 27.2 Å². The first-order valence-electron chi connectivity index (χ1n) is 11.7. The normalized spacial score (nSPS) is 21.5. The molecule has 0 bridgehead atoms. The van der Waals surface area contributed by atoms with Crippen molar-refractivity contribution >= 4 is 29.3 Å². The van der Waals surface area contributed by atoms with Gasteiger partial charge in [-0.05, 0) is 76.4 Å². The van der Waals surface area contributed by atoms with Crippen molar-refractivity contribution in [1.82, 2.24) is 14.8 Å².